The zero-order valence-electron chi connectivity index (χ0n) is 24.3. The van der Waals surface area contributed by atoms with Crippen LogP contribution in [0.15, 0.2) is 138 Å². The highest BCUT2D eigenvalue weighted by Gasteiger charge is 2.28. The Morgan fingerprint density at radius 2 is 1.39 bits per heavy atom. The van der Waals surface area contributed by atoms with Crippen molar-refractivity contribution in [1.82, 2.24) is 4.98 Å². The standard InChI is InChI=1S/C40H29N3O/c1-2-37-41-34-18-6-7-19-35(34)43(37)28-14-10-12-26(24-28)25-11-9-13-27(23-25)39-32-22-21-30-29-15-4-8-20-36(29)44-40(30)38(32)31-16-3-5-17-33(31)42-39/h3-24,37,41H,2H2,1H3. The monoisotopic (exact) mass is 567 g/mol. The van der Waals surface area contributed by atoms with E-state index in [2.05, 4.69) is 138 Å². The van der Waals surface area contributed by atoms with E-state index < -0.39 is 0 Å². The molecule has 1 aliphatic rings. The average Bonchev–Trinajstić information content (AvgIpc) is 3.66. The van der Waals surface area contributed by atoms with E-state index in [0.29, 0.717) is 0 Å². The van der Waals surface area contributed by atoms with Crippen molar-refractivity contribution in [2.75, 3.05) is 10.2 Å². The van der Waals surface area contributed by atoms with Crippen molar-refractivity contribution in [3.63, 3.8) is 0 Å². The van der Waals surface area contributed by atoms with Crippen LogP contribution in [0.25, 0.3) is 66.0 Å². The molecule has 0 fully saturated rings. The predicted octanol–water partition coefficient (Wildman–Crippen LogP) is 10.9. The lowest BCUT2D eigenvalue weighted by molar-refractivity contribution is 0.673. The van der Waals surface area contributed by atoms with Gasteiger partial charge in [-0.1, -0.05) is 91.9 Å². The minimum absolute atomic E-state index is 0.220. The van der Waals surface area contributed by atoms with Crippen LogP contribution in [-0.4, -0.2) is 11.1 Å². The number of para-hydroxylation sites is 4. The van der Waals surface area contributed by atoms with Gasteiger partial charge < -0.3 is 14.6 Å². The Balaban J connectivity index is 1.21. The summed E-state index contributed by atoms with van der Waals surface area (Å²) in [6.45, 7) is 2.23. The van der Waals surface area contributed by atoms with Gasteiger partial charge in [-0.3, -0.25) is 0 Å². The van der Waals surface area contributed by atoms with Gasteiger partial charge in [-0.2, -0.15) is 0 Å². The molecule has 2 aromatic heterocycles. The number of rotatable bonds is 4. The van der Waals surface area contributed by atoms with Gasteiger partial charge in [0.25, 0.3) is 0 Å². The number of pyridine rings is 1. The van der Waals surface area contributed by atoms with E-state index >= 15 is 0 Å². The van der Waals surface area contributed by atoms with Crippen LogP contribution < -0.4 is 10.2 Å². The smallest absolute Gasteiger partial charge is 0.144 e. The van der Waals surface area contributed by atoms with E-state index in [9.17, 15) is 0 Å². The first-order valence-corrected chi connectivity index (χ1v) is 15.3. The van der Waals surface area contributed by atoms with Crippen LogP contribution in [0.1, 0.15) is 13.3 Å². The number of anilines is 3. The summed E-state index contributed by atoms with van der Waals surface area (Å²) in [5, 5.41) is 9.25. The van der Waals surface area contributed by atoms with Gasteiger partial charge in [0.1, 0.15) is 17.3 Å². The van der Waals surface area contributed by atoms with Gasteiger partial charge in [0, 0.05) is 38.2 Å². The summed E-state index contributed by atoms with van der Waals surface area (Å²) >= 11 is 0. The number of nitrogens with zero attached hydrogens (tertiary/aromatic N) is 2. The molecule has 0 saturated carbocycles. The molecule has 1 atom stereocenters. The number of hydrogen-bond acceptors (Lipinski definition) is 4. The Kier molecular flexibility index (Phi) is 5.51. The molecule has 3 heterocycles. The topological polar surface area (TPSA) is 41.3 Å². The molecule has 210 valence electrons. The molecule has 4 heteroatoms. The van der Waals surface area contributed by atoms with Gasteiger partial charge in [0.15, 0.2) is 0 Å². The van der Waals surface area contributed by atoms with E-state index in [1.807, 2.05) is 12.1 Å². The largest absolute Gasteiger partial charge is 0.455 e. The summed E-state index contributed by atoms with van der Waals surface area (Å²) in [6, 6.07) is 47.2. The van der Waals surface area contributed by atoms with E-state index in [4.69, 9.17) is 9.40 Å². The first kappa shape index (κ1) is 24.9. The lowest BCUT2D eigenvalue weighted by Gasteiger charge is -2.26. The highest BCUT2D eigenvalue weighted by atomic mass is 16.3. The Morgan fingerprint density at radius 1 is 0.659 bits per heavy atom. The first-order valence-electron chi connectivity index (χ1n) is 15.3. The normalized spacial score (nSPS) is 14.5. The molecule has 0 bridgehead atoms. The van der Waals surface area contributed by atoms with Crippen LogP contribution in [0.5, 0.6) is 0 Å². The Morgan fingerprint density at radius 3 is 2.30 bits per heavy atom. The summed E-state index contributed by atoms with van der Waals surface area (Å²) in [5.41, 5.74) is 10.7. The third kappa shape index (κ3) is 3.74. The molecular weight excluding hydrogens is 538 g/mol. The first-order chi connectivity index (χ1) is 21.8. The summed E-state index contributed by atoms with van der Waals surface area (Å²) < 4.78 is 6.52. The second-order valence-electron chi connectivity index (χ2n) is 11.5. The molecule has 0 spiro atoms. The maximum absolute atomic E-state index is 6.52. The van der Waals surface area contributed by atoms with Crippen molar-refractivity contribution in [3.8, 4) is 22.4 Å². The third-order valence-corrected chi connectivity index (χ3v) is 8.99. The van der Waals surface area contributed by atoms with Gasteiger partial charge in [0.05, 0.1) is 22.6 Å². The van der Waals surface area contributed by atoms with Crippen molar-refractivity contribution in [1.29, 1.82) is 0 Å². The number of fused-ring (bicyclic) bond motifs is 8. The van der Waals surface area contributed by atoms with Crippen molar-refractivity contribution in [3.05, 3.63) is 133 Å². The van der Waals surface area contributed by atoms with Gasteiger partial charge >= 0.3 is 0 Å². The van der Waals surface area contributed by atoms with E-state index in [0.717, 1.165) is 66.9 Å². The molecule has 44 heavy (non-hydrogen) atoms. The van der Waals surface area contributed by atoms with Gasteiger partial charge in [0.2, 0.25) is 0 Å². The number of hydrogen-bond donors (Lipinski definition) is 1. The molecule has 4 nitrogen and oxygen atoms in total. The highest BCUT2D eigenvalue weighted by molar-refractivity contribution is 6.24. The average molecular weight is 568 g/mol. The molecule has 0 saturated heterocycles. The summed E-state index contributed by atoms with van der Waals surface area (Å²) in [7, 11) is 0. The molecule has 0 radical (unpaired) electrons. The van der Waals surface area contributed by atoms with Gasteiger partial charge in [-0.05, 0) is 66.1 Å². The molecule has 1 N–H and O–H groups in total. The van der Waals surface area contributed by atoms with Crippen molar-refractivity contribution < 1.29 is 4.42 Å². The Labute approximate surface area is 255 Å². The van der Waals surface area contributed by atoms with Crippen molar-refractivity contribution in [2.24, 2.45) is 0 Å². The predicted molar refractivity (Wildman–Crippen MR) is 184 cm³/mol. The number of aromatic nitrogens is 1. The van der Waals surface area contributed by atoms with E-state index in [-0.39, 0.29) is 6.17 Å². The third-order valence-electron chi connectivity index (χ3n) is 8.99. The molecule has 1 unspecified atom stereocenters. The second kappa shape index (κ2) is 9.72. The molecule has 6 aromatic carbocycles. The minimum atomic E-state index is 0.220. The van der Waals surface area contributed by atoms with Gasteiger partial charge in [-0.15, -0.1) is 0 Å². The van der Waals surface area contributed by atoms with E-state index in [1.54, 1.807) is 0 Å². The van der Waals surface area contributed by atoms with Crippen molar-refractivity contribution >= 4 is 60.7 Å². The maximum atomic E-state index is 6.52. The highest BCUT2D eigenvalue weighted by Crippen LogP contribution is 2.43. The number of nitrogens with one attached hydrogen (secondary N) is 1. The lowest BCUT2D eigenvalue weighted by atomic mass is 9.95. The zero-order valence-corrected chi connectivity index (χ0v) is 24.3. The Bertz CT molecular complexity index is 2390. The van der Waals surface area contributed by atoms with Crippen LogP contribution in [0.2, 0.25) is 0 Å². The molecular formula is C40H29N3O. The van der Waals surface area contributed by atoms with Crippen LogP contribution in [0, 0.1) is 0 Å². The van der Waals surface area contributed by atoms with Crippen LogP contribution in [0.3, 0.4) is 0 Å². The van der Waals surface area contributed by atoms with Crippen LogP contribution >= 0.6 is 0 Å². The Hall–Kier alpha value is -5.61. The molecule has 1 aliphatic heterocycles. The molecule has 8 aromatic rings. The molecule has 0 amide bonds. The van der Waals surface area contributed by atoms with E-state index in [1.165, 1.54) is 22.6 Å². The second-order valence-corrected chi connectivity index (χ2v) is 11.5. The SMILES string of the molecule is CCC1Nc2ccccc2N1c1cccc(-c2cccc(-c3nc4ccccc4c4c3ccc3c5ccccc5oc34)c2)c1. The molecule has 9 rings (SSSR count). The van der Waals surface area contributed by atoms with Crippen LogP contribution in [0.4, 0.5) is 17.1 Å². The zero-order chi connectivity index (χ0) is 29.2. The van der Waals surface area contributed by atoms with Crippen molar-refractivity contribution in [2.45, 2.75) is 19.5 Å². The quantitative estimate of drug-likeness (QED) is 0.215. The maximum Gasteiger partial charge on any atom is 0.144 e. The summed E-state index contributed by atoms with van der Waals surface area (Å²) in [4.78, 5) is 7.65. The summed E-state index contributed by atoms with van der Waals surface area (Å²) in [5.74, 6) is 0. The fourth-order valence-corrected chi connectivity index (χ4v) is 6.94. The van der Waals surface area contributed by atoms with Gasteiger partial charge in [-0.25, -0.2) is 4.98 Å². The fraction of sp³-hybridized carbons (Fsp3) is 0.0750. The fourth-order valence-electron chi connectivity index (χ4n) is 6.94. The summed E-state index contributed by atoms with van der Waals surface area (Å²) in [6.07, 6.45) is 1.21. The number of benzene rings is 6. The number of furan rings is 1. The minimum Gasteiger partial charge on any atom is -0.455 e. The van der Waals surface area contributed by atoms with Crippen LogP contribution in [-0.2, 0) is 0 Å². The lowest BCUT2D eigenvalue weighted by Crippen LogP contribution is -2.30. The molecule has 0 aliphatic carbocycles.